The van der Waals surface area contributed by atoms with E-state index >= 15 is 0 Å². The van der Waals surface area contributed by atoms with Gasteiger partial charge in [-0.05, 0) is 17.7 Å². The Labute approximate surface area is 158 Å². The Bertz CT molecular complexity index is 875. The molecule has 0 aliphatic heterocycles. The minimum absolute atomic E-state index is 0.159. The highest BCUT2D eigenvalue weighted by molar-refractivity contribution is 5.93. The third-order valence-electron chi connectivity index (χ3n) is 4.05. The molecule has 3 rings (SSSR count). The smallest absolute Gasteiger partial charge is 0.253 e. The van der Waals surface area contributed by atoms with E-state index in [9.17, 15) is 4.79 Å². The second-order valence-corrected chi connectivity index (χ2v) is 6.63. The number of anilines is 1. The van der Waals surface area contributed by atoms with Crippen LogP contribution in [0.5, 0.6) is 0 Å². The topological polar surface area (TPSA) is 84.2 Å². The van der Waals surface area contributed by atoms with Crippen molar-refractivity contribution in [2.45, 2.75) is 32.9 Å². The molecule has 0 saturated heterocycles. The van der Waals surface area contributed by atoms with Crippen molar-refractivity contribution >= 4 is 11.7 Å². The molecule has 0 atom stereocenters. The summed E-state index contributed by atoms with van der Waals surface area (Å²) < 4.78 is 5.12. The SMILES string of the molecule is CC(C)c1nc(CNC(=O)c2ccc(N(C)Cc3ccccc3)nc2)no1. The molecule has 0 radical (unpaired) electrons. The molecule has 27 heavy (non-hydrogen) atoms. The van der Waals surface area contributed by atoms with Crippen LogP contribution in [-0.2, 0) is 13.1 Å². The van der Waals surface area contributed by atoms with Crippen LogP contribution in [-0.4, -0.2) is 28.1 Å². The lowest BCUT2D eigenvalue weighted by molar-refractivity contribution is 0.0949. The number of amides is 1. The monoisotopic (exact) mass is 365 g/mol. The van der Waals surface area contributed by atoms with Crippen molar-refractivity contribution < 1.29 is 9.32 Å². The number of nitrogens with one attached hydrogen (secondary N) is 1. The minimum atomic E-state index is -0.226. The first-order chi connectivity index (χ1) is 13.0. The van der Waals surface area contributed by atoms with E-state index in [-0.39, 0.29) is 18.4 Å². The molecule has 0 fully saturated rings. The lowest BCUT2D eigenvalue weighted by atomic mass is 10.2. The Kier molecular flexibility index (Phi) is 5.80. The zero-order valence-electron chi connectivity index (χ0n) is 15.7. The van der Waals surface area contributed by atoms with Crippen molar-refractivity contribution in [1.82, 2.24) is 20.4 Å². The predicted octanol–water partition coefficient (Wildman–Crippen LogP) is 3.15. The van der Waals surface area contributed by atoms with E-state index in [4.69, 9.17) is 4.52 Å². The fraction of sp³-hybridized carbons (Fsp3) is 0.300. The normalized spacial score (nSPS) is 10.8. The Morgan fingerprint density at radius 3 is 2.59 bits per heavy atom. The van der Waals surface area contributed by atoms with E-state index in [0.717, 1.165) is 12.4 Å². The number of hydrogen-bond donors (Lipinski definition) is 1. The van der Waals surface area contributed by atoms with Crippen LogP contribution in [0, 0.1) is 0 Å². The Balaban J connectivity index is 1.56. The molecule has 0 unspecified atom stereocenters. The van der Waals surface area contributed by atoms with E-state index in [2.05, 4.69) is 32.6 Å². The Hall–Kier alpha value is -3.22. The summed E-state index contributed by atoms with van der Waals surface area (Å²) >= 11 is 0. The largest absolute Gasteiger partial charge is 0.355 e. The molecule has 1 N–H and O–H groups in total. The number of carbonyl (C=O) groups excluding carboxylic acids is 1. The standard InChI is InChI=1S/C20H23N5O2/c1-14(2)20-23-17(24-27-20)12-22-19(26)16-9-10-18(21-11-16)25(3)13-15-7-5-4-6-8-15/h4-11,14H,12-13H2,1-3H3,(H,22,26). The number of benzene rings is 1. The Morgan fingerprint density at radius 2 is 1.96 bits per heavy atom. The molecule has 7 nitrogen and oxygen atoms in total. The zero-order valence-corrected chi connectivity index (χ0v) is 15.7. The number of carbonyl (C=O) groups is 1. The van der Waals surface area contributed by atoms with Crippen molar-refractivity contribution in [3.8, 4) is 0 Å². The molecule has 0 bridgehead atoms. The molecule has 1 aromatic carbocycles. The van der Waals surface area contributed by atoms with Gasteiger partial charge in [0.1, 0.15) is 5.82 Å². The van der Waals surface area contributed by atoms with Crippen LogP contribution < -0.4 is 10.2 Å². The molecule has 140 valence electrons. The summed E-state index contributed by atoms with van der Waals surface area (Å²) in [7, 11) is 1.97. The molecule has 2 heterocycles. The van der Waals surface area contributed by atoms with Crippen molar-refractivity contribution in [1.29, 1.82) is 0 Å². The van der Waals surface area contributed by atoms with Gasteiger partial charge >= 0.3 is 0 Å². The number of pyridine rings is 1. The van der Waals surface area contributed by atoms with E-state index in [1.54, 1.807) is 12.3 Å². The lowest BCUT2D eigenvalue weighted by Gasteiger charge is -2.18. The summed E-state index contributed by atoms with van der Waals surface area (Å²) in [5.41, 5.74) is 1.68. The number of rotatable bonds is 7. The second kappa shape index (κ2) is 8.44. The van der Waals surface area contributed by atoms with E-state index in [1.165, 1.54) is 5.56 Å². The van der Waals surface area contributed by atoms with Gasteiger partial charge in [0.2, 0.25) is 5.89 Å². The van der Waals surface area contributed by atoms with Crippen LogP contribution in [0.3, 0.4) is 0 Å². The van der Waals surface area contributed by atoms with Gasteiger partial charge in [-0.25, -0.2) is 4.98 Å². The third kappa shape index (κ3) is 4.91. The molecule has 2 aromatic heterocycles. The minimum Gasteiger partial charge on any atom is -0.355 e. The van der Waals surface area contributed by atoms with Crippen LogP contribution in [0.25, 0.3) is 0 Å². The second-order valence-electron chi connectivity index (χ2n) is 6.63. The third-order valence-corrected chi connectivity index (χ3v) is 4.05. The highest BCUT2D eigenvalue weighted by Gasteiger charge is 2.12. The number of aromatic nitrogens is 3. The summed E-state index contributed by atoms with van der Waals surface area (Å²) in [6.45, 7) is 4.90. The van der Waals surface area contributed by atoms with E-state index < -0.39 is 0 Å². The highest BCUT2D eigenvalue weighted by Crippen LogP contribution is 2.14. The van der Waals surface area contributed by atoms with Gasteiger partial charge in [0.25, 0.3) is 5.91 Å². The molecular weight excluding hydrogens is 342 g/mol. The van der Waals surface area contributed by atoms with Gasteiger partial charge in [0.15, 0.2) is 5.82 Å². The maximum Gasteiger partial charge on any atom is 0.253 e. The average molecular weight is 365 g/mol. The summed E-state index contributed by atoms with van der Waals surface area (Å²) in [6, 6.07) is 13.8. The first-order valence-electron chi connectivity index (χ1n) is 8.84. The van der Waals surface area contributed by atoms with Crippen LogP contribution in [0.1, 0.15) is 47.4 Å². The predicted molar refractivity (Wildman–Crippen MR) is 102 cm³/mol. The van der Waals surface area contributed by atoms with Crippen molar-refractivity contribution in [3.05, 3.63) is 71.5 Å². The molecule has 0 aliphatic rings. The summed E-state index contributed by atoms with van der Waals surface area (Å²) in [5.74, 6) is 1.75. The van der Waals surface area contributed by atoms with Gasteiger partial charge in [-0.15, -0.1) is 0 Å². The zero-order chi connectivity index (χ0) is 19.2. The van der Waals surface area contributed by atoms with Gasteiger partial charge in [-0.2, -0.15) is 4.98 Å². The summed E-state index contributed by atoms with van der Waals surface area (Å²) in [6.07, 6.45) is 1.57. The van der Waals surface area contributed by atoms with Crippen molar-refractivity contribution in [2.24, 2.45) is 0 Å². The summed E-state index contributed by atoms with van der Waals surface area (Å²) in [4.78, 5) is 22.9. The Morgan fingerprint density at radius 1 is 1.19 bits per heavy atom. The van der Waals surface area contributed by atoms with Crippen LogP contribution in [0.2, 0.25) is 0 Å². The van der Waals surface area contributed by atoms with Gasteiger partial charge in [0.05, 0.1) is 12.1 Å². The maximum absolute atomic E-state index is 12.3. The fourth-order valence-corrected chi connectivity index (χ4v) is 2.52. The molecule has 0 aliphatic carbocycles. The maximum atomic E-state index is 12.3. The van der Waals surface area contributed by atoms with Crippen molar-refractivity contribution in [2.75, 3.05) is 11.9 Å². The van der Waals surface area contributed by atoms with Gasteiger partial charge in [-0.3, -0.25) is 4.79 Å². The average Bonchev–Trinajstić information content (AvgIpc) is 3.16. The first-order valence-corrected chi connectivity index (χ1v) is 8.84. The van der Waals surface area contributed by atoms with Gasteiger partial charge < -0.3 is 14.7 Å². The molecular formula is C20H23N5O2. The van der Waals surface area contributed by atoms with Crippen molar-refractivity contribution in [3.63, 3.8) is 0 Å². The van der Waals surface area contributed by atoms with E-state index in [0.29, 0.717) is 17.3 Å². The first kappa shape index (κ1) is 18.6. The fourth-order valence-electron chi connectivity index (χ4n) is 2.52. The van der Waals surface area contributed by atoms with Gasteiger partial charge in [0, 0.05) is 25.7 Å². The number of nitrogens with zero attached hydrogens (tertiary/aromatic N) is 4. The summed E-state index contributed by atoms with van der Waals surface area (Å²) in [5, 5.41) is 6.64. The van der Waals surface area contributed by atoms with Crippen LogP contribution in [0.4, 0.5) is 5.82 Å². The number of hydrogen-bond acceptors (Lipinski definition) is 6. The molecule has 7 heteroatoms. The molecule has 0 spiro atoms. The molecule has 1 amide bonds. The molecule has 3 aromatic rings. The van der Waals surface area contributed by atoms with Crippen LogP contribution in [0.15, 0.2) is 53.2 Å². The quantitative estimate of drug-likeness (QED) is 0.692. The highest BCUT2D eigenvalue weighted by atomic mass is 16.5. The lowest BCUT2D eigenvalue weighted by Crippen LogP contribution is -2.24. The molecule has 0 saturated carbocycles. The van der Waals surface area contributed by atoms with Gasteiger partial charge in [-0.1, -0.05) is 49.3 Å². The van der Waals surface area contributed by atoms with E-state index in [1.807, 2.05) is 50.1 Å². The van der Waals surface area contributed by atoms with Crippen LogP contribution >= 0.6 is 0 Å².